The summed E-state index contributed by atoms with van der Waals surface area (Å²) < 4.78 is 50.8. The Morgan fingerprint density at radius 2 is 1.38 bits per heavy atom. The van der Waals surface area contributed by atoms with Gasteiger partial charge in [0.2, 0.25) is 0 Å². The average molecular weight is 464 g/mol. The third kappa shape index (κ3) is 9.01. The molecule has 29 heavy (non-hydrogen) atoms. The number of rotatable bonds is 8. The van der Waals surface area contributed by atoms with Crippen LogP contribution in [0.4, 0.5) is 0 Å². The molecule has 11 nitrogen and oxygen atoms in total. The summed E-state index contributed by atoms with van der Waals surface area (Å²) >= 11 is 0. The largest absolute Gasteiger partial charge is 0.472 e. The van der Waals surface area contributed by atoms with E-state index in [4.69, 9.17) is 23.8 Å². The molecule has 3 unspecified atom stereocenters. The molecule has 3 N–H and O–H groups in total. The van der Waals surface area contributed by atoms with Gasteiger partial charge in [-0.3, -0.25) is 18.1 Å². The molecule has 0 radical (unpaired) electrons. The van der Waals surface area contributed by atoms with Crippen LogP contribution < -0.4 is 0 Å². The number of phosphoric acid groups is 2. The summed E-state index contributed by atoms with van der Waals surface area (Å²) in [6, 6.07) is 0. The number of aliphatic hydroxyl groups is 1. The van der Waals surface area contributed by atoms with Gasteiger partial charge >= 0.3 is 15.6 Å². The summed E-state index contributed by atoms with van der Waals surface area (Å²) in [6.07, 6.45) is -0.199. The van der Waals surface area contributed by atoms with Crippen LogP contribution in [0.25, 0.3) is 0 Å². The molecule has 0 spiro atoms. The van der Waals surface area contributed by atoms with E-state index in [9.17, 15) is 14.2 Å². The summed E-state index contributed by atoms with van der Waals surface area (Å²) in [5, 5.41) is 9.58. The first-order chi connectivity index (χ1) is 13.3. The van der Waals surface area contributed by atoms with E-state index in [-0.39, 0.29) is 43.5 Å². The third-order valence-corrected chi connectivity index (χ3v) is 6.88. The highest BCUT2D eigenvalue weighted by molar-refractivity contribution is 7.47. The van der Waals surface area contributed by atoms with Gasteiger partial charge in [0.1, 0.15) is 0 Å². The first kappa shape index (κ1) is 27.1. The Morgan fingerprint density at radius 1 is 0.897 bits per heavy atom. The van der Waals surface area contributed by atoms with Crippen molar-refractivity contribution in [1.29, 1.82) is 0 Å². The fourth-order valence-corrected chi connectivity index (χ4v) is 4.01. The predicted octanol–water partition coefficient (Wildman–Crippen LogP) is 2.10. The molecule has 9 atom stereocenters. The molecular weight excluding hydrogens is 430 g/mol. The minimum atomic E-state index is -3.95. The first-order valence-electron chi connectivity index (χ1n) is 9.37. The molecule has 0 aliphatic carbocycles. The van der Waals surface area contributed by atoms with E-state index >= 15 is 0 Å². The maximum absolute atomic E-state index is 11.0. The van der Waals surface area contributed by atoms with E-state index in [0.717, 1.165) is 20.6 Å². The van der Waals surface area contributed by atoms with Crippen molar-refractivity contribution in [3.63, 3.8) is 0 Å². The van der Waals surface area contributed by atoms with Crippen LogP contribution in [0, 0.1) is 11.8 Å². The van der Waals surface area contributed by atoms with Crippen LogP contribution in [0.5, 0.6) is 0 Å². The second-order valence-corrected chi connectivity index (χ2v) is 10.4. The van der Waals surface area contributed by atoms with E-state index < -0.39 is 21.7 Å². The molecule has 0 saturated carbocycles. The van der Waals surface area contributed by atoms with Crippen LogP contribution in [0.2, 0.25) is 0 Å². The smallest absolute Gasteiger partial charge is 0.390 e. The fourth-order valence-electron chi connectivity index (χ4n) is 3.13. The van der Waals surface area contributed by atoms with Gasteiger partial charge in [-0.2, -0.15) is 0 Å². The molecule has 0 bridgehead atoms. The fraction of sp³-hybridized carbons (Fsp3) is 1.00. The van der Waals surface area contributed by atoms with Crippen LogP contribution in [0.3, 0.4) is 0 Å². The Hall–Kier alpha value is 0.1000. The summed E-state index contributed by atoms with van der Waals surface area (Å²) in [7, 11) is -5.57. The van der Waals surface area contributed by atoms with Crippen LogP contribution in [0.1, 0.15) is 34.1 Å². The normalized spacial score (nSPS) is 38.7. The quantitative estimate of drug-likeness (QED) is 0.453. The van der Waals surface area contributed by atoms with Gasteiger partial charge in [-0.25, -0.2) is 9.13 Å². The molecule has 2 aliphatic rings. The summed E-state index contributed by atoms with van der Waals surface area (Å²) in [4.78, 5) is 18.0. The zero-order chi connectivity index (χ0) is 22.4. The Morgan fingerprint density at radius 3 is 1.72 bits per heavy atom. The number of aliphatic hydroxyl groups excluding tert-OH is 1. The molecule has 0 amide bonds. The number of hydrogen-bond acceptors (Lipinski definition) is 9. The zero-order valence-electron chi connectivity index (χ0n) is 17.7. The van der Waals surface area contributed by atoms with Crippen LogP contribution >= 0.6 is 15.6 Å². The van der Waals surface area contributed by atoms with Crippen LogP contribution in [-0.2, 0) is 36.7 Å². The lowest BCUT2D eigenvalue weighted by Gasteiger charge is -2.16. The minimum Gasteiger partial charge on any atom is -0.390 e. The van der Waals surface area contributed by atoms with Crippen LogP contribution in [0.15, 0.2) is 0 Å². The SMILES string of the molecule is COP(=O)(O)OC[C@H]1O[C@@H](C)C(O)[C@H]1C.COP(=O)(O)OC[C@H]1O[C@@H](C)C[C@H]1C. The van der Waals surface area contributed by atoms with Crippen molar-refractivity contribution in [3.05, 3.63) is 0 Å². The van der Waals surface area contributed by atoms with Gasteiger partial charge < -0.3 is 24.4 Å². The molecule has 2 fully saturated rings. The number of ether oxygens (including phenoxy) is 2. The second-order valence-electron chi connectivity index (χ2n) is 7.32. The van der Waals surface area contributed by atoms with Gasteiger partial charge in [-0.1, -0.05) is 13.8 Å². The summed E-state index contributed by atoms with van der Waals surface area (Å²) in [5.41, 5.74) is 0. The zero-order valence-corrected chi connectivity index (χ0v) is 19.5. The van der Waals surface area contributed by atoms with Crippen LogP contribution in [-0.4, -0.2) is 72.8 Å². The van der Waals surface area contributed by atoms with E-state index in [1.807, 2.05) is 13.8 Å². The highest BCUT2D eigenvalue weighted by Gasteiger charge is 2.39. The third-order valence-electron chi connectivity index (χ3n) is 5.01. The predicted molar refractivity (Wildman–Crippen MR) is 103 cm³/mol. The lowest BCUT2D eigenvalue weighted by molar-refractivity contribution is -0.00303. The Labute approximate surface area is 171 Å². The Bertz CT molecular complexity index is 589. The van der Waals surface area contributed by atoms with Gasteiger partial charge in [-0.05, 0) is 26.2 Å². The molecule has 0 aromatic rings. The molecular formula is C16H34O11P2. The van der Waals surface area contributed by atoms with E-state index in [1.165, 1.54) is 0 Å². The molecule has 0 aromatic heterocycles. The maximum atomic E-state index is 11.0. The van der Waals surface area contributed by atoms with Gasteiger partial charge in [0.25, 0.3) is 0 Å². The van der Waals surface area contributed by atoms with Crippen molar-refractivity contribution in [2.75, 3.05) is 27.4 Å². The summed E-state index contributed by atoms with van der Waals surface area (Å²) in [5.74, 6) is 0.221. The first-order valence-corrected chi connectivity index (χ1v) is 12.4. The Balaban J connectivity index is 0.000000291. The standard InChI is InChI=1S/C8H17O6P.C8H17O5P/c1-5-7(14-6(2)8(5)9)4-13-15(10,11)12-3;1-6-4-7(2)13-8(6)5-12-14(9,10)11-3/h5-9H,4H2,1-3H3,(H,10,11);6-8H,4-5H2,1-3H3,(H,9,10)/t5-,6-,7+,8?;6-,7+,8-/m01/s1. The molecule has 174 valence electrons. The highest BCUT2D eigenvalue weighted by Crippen LogP contribution is 2.44. The van der Waals surface area contributed by atoms with Crippen molar-refractivity contribution < 1.29 is 51.6 Å². The van der Waals surface area contributed by atoms with Crippen molar-refractivity contribution in [1.82, 2.24) is 0 Å². The maximum Gasteiger partial charge on any atom is 0.472 e. The monoisotopic (exact) mass is 464 g/mol. The average Bonchev–Trinajstić information content (AvgIpc) is 3.11. The lowest BCUT2D eigenvalue weighted by Crippen LogP contribution is -2.25. The topological polar surface area (TPSA) is 150 Å². The lowest BCUT2D eigenvalue weighted by atomic mass is 10.00. The molecule has 2 saturated heterocycles. The van der Waals surface area contributed by atoms with E-state index in [0.29, 0.717) is 5.92 Å². The van der Waals surface area contributed by atoms with Crippen molar-refractivity contribution in [2.45, 2.75) is 64.6 Å². The molecule has 2 aliphatic heterocycles. The molecule has 2 rings (SSSR count). The summed E-state index contributed by atoms with van der Waals surface area (Å²) in [6.45, 7) is 7.60. The van der Waals surface area contributed by atoms with Crippen molar-refractivity contribution >= 4 is 15.6 Å². The number of hydrogen-bond donors (Lipinski definition) is 3. The van der Waals surface area contributed by atoms with Gasteiger partial charge in [0.05, 0.1) is 43.7 Å². The van der Waals surface area contributed by atoms with E-state index in [2.05, 4.69) is 13.6 Å². The minimum absolute atomic E-state index is 0.0653. The van der Waals surface area contributed by atoms with Crippen molar-refractivity contribution in [3.8, 4) is 0 Å². The molecule has 2 heterocycles. The van der Waals surface area contributed by atoms with Gasteiger partial charge in [-0.15, -0.1) is 0 Å². The van der Waals surface area contributed by atoms with Gasteiger partial charge in [0.15, 0.2) is 0 Å². The van der Waals surface area contributed by atoms with E-state index in [1.54, 1.807) is 13.8 Å². The second kappa shape index (κ2) is 11.6. The number of phosphoric ester groups is 2. The molecule has 13 heteroatoms. The van der Waals surface area contributed by atoms with Crippen molar-refractivity contribution in [2.24, 2.45) is 11.8 Å². The Kier molecular flexibility index (Phi) is 10.9. The van der Waals surface area contributed by atoms with Gasteiger partial charge in [0, 0.05) is 20.1 Å². The molecule has 0 aromatic carbocycles. The highest BCUT2D eigenvalue weighted by atomic mass is 31.2.